The first-order chi connectivity index (χ1) is 15.6. The molecule has 8 heteroatoms. The third-order valence-corrected chi connectivity index (χ3v) is 8.13. The molecule has 0 bridgehead atoms. The average molecular weight is 540 g/mol. The lowest BCUT2D eigenvalue weighted by Gasteiger charge is -2.35. The lowest BCUT2D eigenvalue weighted by molar-refractivity contribution is -0.158. The SMILES string of the molecule is CCCCCC.C[Si](C)(C)CCOCN1C(=O)CCC(N2Cc3cc(Br)ccc3C2=O)C1=O. The van der Waals surface area contributed by atoms with Crippen LogP contribution in [-0.2, 0) is 20.9 Å². The van der Waals surface area contributed by atoms with Gasteiger partial charge in [0.1, 0.15) is 12.8 Å². The van der Waals surface area contributed by atoms with Gasteiger partial charge in [0.25, 0.3) is 11.8 Å². The Bertz CT molecular complexity index is 836. The first kappa shape index (κ1) is 27.7. The van der Waals surface area contributed by atoms with Gasteiger partial charge < -0.3 is 9.64 Å². The molecule has 0 saturated carbocycles. The van der Waals surface area contributed by atoms with Crippen LogP contribution in [0.5, 0.6) is 0 Å². The number of nitrogens with zero attached hydrogens (tertiary/aromatic N) is 2. The first-order valence-corrected chi connectivity index (χ1v) is 16.6. The first-order valence-electron chi connectivity index (χ1n) is 12.1. The minimum Gasteiger partial charge on any atom is -0.361 e. The van der Waals surface area contributed by atoms with Crippen LogP contribution in [0.4, 0.5) is 0 Å². The molecular weight excluding hydrogens is 500 g/mol. The van der Waals surface area contributed by atoms with Crippen molar-refractivity contribution in [1.29, 1.82) is 0 Å². The van der Waals surface area contributed by atoms with Crippen LogP contribution in [0.2, 0.25) is 25.7 Å². The van der Waals surface area contributed by atoms with Crippen molar-refractivity contribution in [2.45, 2.75) is 90.6 Å². The van der Waals surface area contributed by atoms with E-state index in [4.69, 9.17) is 4.74 Å². The maximum Gasteiger partial charge on any atom is 0.255 e. The number of hydrogen-bond donors (Lipinski definition) is 0. The van der Waals surface area contributed by atoms with E-state index in [1.54, 1.807) is 11.0 Å². The number of ether oxygens (including phenoxy) is 1. The standard InChI is InChI=1S/C19H25BrN2O4Si.C6H14/c1-27(2,3)9-8-26-12-22-17(23)7-6-16(19(22)25)21-11-13-10-14(20)4-5-15(13)18(21)24;1-3-5-6-4-2/h4-5,10,16H,6-9,11-12H2,1-3H3;3-6H2,1-2H3. The second kappa shape index (κ2) is 12.8. The van der Waals surface area contributed by atoms with E-state index in [2.05, 4.69) is 49.4 Å². The lowest BCUT2D eigenvalue weighted by atomic mass is 10.0. The van der Waals surface area contributed by atoms with E-state index in [9.17, 15) is 14.4 Å². The zero-order valence-electron chi connectivity index (χ0n) is 20.8. The van der Waals surface area contributed by atoms with Crippen LogP contribution in [0.1, 0.15) is 68.3 Å². The molecule has 0 N–H and O–H groups in total. The lowest BCUT2D eigenvalue weighted by Crippen LogP contribution is -2.55. The Kier molecular flexibility index (Phi) is 10.8. The van der Waals surface area contributed by atoms with Gasteiger partial charge in [-0.3, -0.25) is 19.3 Å². The fourth-order valence-electron chi connectivity index (χ4n) is 3.84. The molecule has 2 heterocycles. The summed E-state index contributed by atoms with van der Waals surface area (Å²) >= 11 is 3.42. The molecule has 3 amide bonds. The highest BCUT2D eigenvalue weighted by molar-refractivity contribution is 9.10. The minimum absolute atomic E-state index is 0.0286. The summed E-state index contributed by atoms with van der Waals surface area (Å²) in [5, 5.41) is 0. The Morgan fingerprint density at radius 3 is 2.36 bits per heavy atom. The van der Waals surface area contributed by atoms with Gasteiger partial charge in [0.15, 0.2) is 0 Å². The molecule has 2 aliphatic rings. The van der Waals surface area contributed by atoms with Gasteiger partial charge in [-0.2, -0.15) is 0 Å². The van der Waals surface area contributed by atoms with Crippen molar-refractivity contribution in [2.24, 2.45) is 0 Å². The molecule has 3 rings (SSSR count). The molecule has 0 radical (unpaired) electrons. The zero-order chi connectivity index (χ0) is 24.6. The summed E-state index contributed by atoms with van der Waals surface area (Å²) in [5.41, 5.74) is 1.53. The molecule has 0 aliphatic carbocycles. The molecule has 1 unspecified atom stereocenters. The Balaban J connectivity index is 0.000000569. The Labute approximate surface area is 208 Å². The number of benzene rings is 1. The second-order valence-electron chi connectivity index (χ2n) is 10.0. The quantitative estimate of drug-likeness (QED) is 0.225. The zero-order valence-corrected chi connectivity index (χ0v) is 23.4. The van der Waals surface area contributed by atoms with Crippen molar-refractivity contribution in [3.63, 3.8) is 0 Å². The van der Waals surface area contributed by atoms with E-state index < -0.39 is 14.1 Å². The van der Waals surface area contributed by atoms with Crippen molar-refractivity contribution in [1.82, 2.24) is 9.80 Å². The summed E-state index contributed by atoms with van der Waals surface area (Å²) in [5.74, 6) is -0.708. The topological polar surface area (TPSA) is 66.9 Å². The normalized spacial score (nSPS) is 18.4. The molecule has 33 heavy (non-hydrogen) atoms. The van der Waals surface area contributed by atoms with Crippen LogP contribution in [-0.4, -0.2) is 55.0 Å². The molecule has 0 spiro atoms. The predicted octanol–water partition coefficient (Wildman–Crippen LogP) is 5.82. The molecular formula is C25H39BrN2O4Si. The van der Waals surface area contributed by atoms with Crippen LogP contribution in [0, 0.1) is 0 Å². The largest absolute Gasteiger partial charge is 0.361 e. The van der Waals surface area contributed by atoms with Gasteiger partial charge in [-0.1, -0.05) is 75.1 Å². The van der Waals surface area contributed by atoms with E-state index in [1.165, 1.54) is 30.6 Å². The van der Waals surface area contributed by atoms with Gasteiger partial charge >= 0.3 is 0 Å². The smallest absolute Gasteiger partial charge is 0.255 e. The molecule has 2 aliphatic heterocycles. The van der Waals surface area contributed by atoms with Gasteiger partial charge in [-0.05, 0) is 36.2 Å². The summed E-state index contributed by atoms with van der Waals surface area (Å²) in [7, 11) is -1.23. The Morgan fingerprint density at radius 1 is 1.09 bits per heavy atom. The van der Waals surface area contributed by atoms with E-state index in [0.717, 1.165) is 16.1 Å². The van der Waals surface area contributed by atoms with Gasteiger partial charge in [0.05, 0.1) is 0 Å². The molecule has 1 aromatic carbocycles. The van der Waals surface area contributed by atoms with Crippen LogP contribution in [0.15, 0.2) is 22.7 Å². The number of likely N-dealkylation sites (tertiary alicyclic amines) is 1. The molecule has 1 atom stereocenters. The van der Waals surface area contributed by atoms with Crippen molar-refractivity contribution in [3.05, 3.63) is 33.8 Å². The number of carbonyl (C=O) groups excluding carboxylic acids is 3. The highest BCUT2D eigenvalue weighted by Gasteiger charge is 2.42. The highest BCUT2D eigenvalue weighted by atomic mass is 79.9. The third kappa shape index (κ3) is 8.04. The van der Waals surface area contributed by atoms with Gasteiger partial charge in [0, 0.05) is 37.7 Å². The second-order valence-corrected chi connectivity index (χ2v) is 16.5. The van der Waals surface area contributed by atoms with Crippen molar-refractivity contribution in [3.8, 4) is 0 Å². The number of fused-ring (bicyclic) bond motifs is 1. The van der Waals surface area contributed by atoms with E-state index >= 15 is 0 Å². The average Bonchev–Trinajstić information content (AvgIpc) is 3.06. The van der Waals surface area contributed by atoms with E-state index in [0.29, 0.717) is 25.1 Å². The predicted molar refractivity (Wildman–Crippen MR) is 138 cm³/mol. The highest BCUT2D eigenvalue weighted by Crippen LogP contribution is 2.30. The van der Waals surface area contributed by atoms with Crippen molar-refractivity contribution in [2.75, 3.05) is 13.3 Å². The van der Waals surface area contributed by atoms with Crippen LogP contribution in [0.3, 0.4) is 0 Å². The Hall–Kier alpha value is -1.51. The van der Waals surface area contributed by atoms with Crippen molar-refractivity contribution >= 4 is 41.7 Å². The molecule has 0 aromatic heterocycles. The Morgan fingerprint density at radius 2 is 1.76 bits per heavy atom. The fourth-order valence-corrected chi connectivity index (χ4v) is 5.01. The molecule has 184 valence electrons. The number of imide groups is 1. The number of carbonyl (C=O) groups is 3. The van der Waals surface area contributed by atoms with E-state index in [-0.39, 0.29) is 30.9 Å². The number of amides is 3. The van der Waals surface area contributed by atoms with Crippen LogP contribution < -0.4 is 0 Å². The van der Waals surface area contributed by atoms with Gasteiger partial charge in [-0.25, -0.2) is 0 Å². The summed E-state index contributed by atoms with van der Waals surface area (Å²) in [6.07, 6.45) is 6.15. The monoisotopic (exact) mass is 538 g/mol. The maximum absolute atomic E-state index is 12.9. The number of piperidine rings is 1. The van der Waals surface area contributed by atoms with Gasteiger partial charge in [-0.15, -0.1) is 0 Å². The third-order valence-electron chi connectivity index (χ3n) is 5.93. The van der Waals surface area contributed by atoms with Crippen LogP contribution in [0.25, 0.3) is 0 Å². The summed E-state index contributed by atoms with van der Waals surface area (Å²) < 4.78 is 6.52. The fraction of sp³-hybridized carbons (Fsp3) is 0.640. The summed E-state index contributed by atoms with van der Waals surface area (Å²) in [6.45, 7) is 12.1. The molecule has 1 saturated heterocycles. The number of halogens is 1. The maximum atomic E-state index is 12.9. The minimum atomic E-state index is -1.23. The number of rotatable bonds is 9. The molecule has 1 fully saturated rings. The van der Waals surface area contributed by atoms with Crippen LogP contribution >= 0.6 is 15.9 Å². The summed E-state index contributed by atoms with van der Waals surface area (Å²) in [6, 6.07) is 5.87. The summed E-state index contributed by atoms with van der Waals surface area (Å²) in [4.78, 5) is 40.6. The van der Waals surface area contributed by atoms with E-state index in [1.807, 2.05) is 12.1 Å². The van der Waals surface area contributed by atoms with Crippen molar-refractivity contribution < 1.29 is 19.1 Å². The molecule has 1 aromatic rings. The van der Waals surface area contributed by atoms with Gasteiger partial charge in [0.2, 0.25) is 5.91 Å². The number of unbranched alkanes of at least 4 members (excludes halogenated alkanes) is 3. The number of hydrogen-bond acceptors (Lipinski definition) is 4. The molecule has 6 nitrogen and oxygen atoms in total.